The summed E-state index contributed by atoms with van der Waals surface area (Å²) in [4.78, 5) is 0. The van der Waals surface area contributed by atoms with Crippen molar-refractivity contribution in [3.63, 3.8) is 0 Å². The van der Waals surface area contributed by atoms with Gasteiger partial charge < -0.3 is 9.84 Å². The van der Waals surface area contributed by atoms with Crippen molar-refractivity contribution in [2.24, 2.45) is 5.41 Å². The van der Waals surface area contributed by atoms with E-state index in [2.05, 4.69) is 6.92 Å². The van der Waals surface area contributed by atoms with Crippen LogP contribution in [0, 0.1) is 5.41 Å². The second-order valence-electron chi connectivity index (χ2n) is 4.33. The zero-order valence-electron chi connectivity index (χ0n) is 8.66. The van der Waals surface area contributed by atoms with Gasteiger partial charge in [0.15, 0.2) is 0 Å². The van der Waals surface area contributed by atoms with Gasteiger partial charge in [0, 0.05) is 0 Å². The first-order valence-electron chi connectivity index (χ1n) is 4.98. The van der Waals surface area contributed by atoms with E-state index in [0.717, 1.165) is 24.2 Å². The SMILES string of the molecule is COc1ccc(C(O)C2(C)CC2)cc1. The molecule has 1 fully saturated rings. The molecule has 0 aromatic heterocycles. The molecule has 1 aromatic rings. The maximum Gasteiger partial charge on any atom is 0.118 e. The summed E-state index contributed by atoms with van der Waals surface area (Å²) < 4.78 is 5.07. The van der Waals surface area contributed by atoms with Gasteiger partial charge >= 0.3 is 0 Å². The topological polar surface area (TPSA) is 29.5 Å². The van der Waals surface area contributed by atoms with Crippen LogP contribution in [0.5, 0.6) is 5.75 Å². The minimum atomic E-state index is -0.326. The molecular formula is C12H16O2. The molecule has 1 aliphatic carbocycles. The highest BCUT2D eigenvalue weighted by Crippen LogP contribution is 2.54. The van der Waals surface area contributed by atoms with Crippen LogP contribution < -0.4 is 4.74 Å². The molecule has 1 aromatic carbocycles. The van der Waals surface area contributed by atoms with Gasteiger partial charge in [-0.15, -0.1) is 0 Å². The van der Waals surface area contributed by atoms with Crippen molar-refractivity contribution < 1.29 is 9.84 Å². The summed E-state index contributed by atoms with van der Waals surface area (Å²) in [6, 6.07) is 7.66. The molecule has 14 heavy (non-hydrogen) atoms. The van der Waals surface area contributed by atoms with E-state index in [4.69, 9.17) is 4.74 Å². The molecule has 1 N–H and O–H groups in total. The summed E-state index contributed by atoms with van der Waals surface area (Å²) in [5, 5.41) is 10.0. The van der Waals surface area contributed by atoms with E-state index < -0.39 is 0 Å². The fraction of sp³-hybridized carbons (Fsp3) is 0.500. The Morgan fingerprint density at radius 1 is 1.29 bits per heavy atom. The van der Waals surface area contributed by atoms with Crippen LogP contribution in [-0.2, 0) is 0 Å². The number of hydrogen-bond donors (Lipinski definition) is 1. The Bertz CT molecular complexity index is 312. The predicted octanol–water partition coefficient (Wildman–Crippen LogP) is 2.53. The van der Waals surface area contributed by atoms with Crippen molar-refractivity contribution in [2.45, 2.75) is 25.9 Å². The lowest BCUT2D eigenvalue weighted by Gasteiger charge is -2.17. The van der Waals surface area contributed by atoms with Crippen LogP contribution in [0.3, 0.4) is 0 Å². The summed E-state index contributed by atoms with van der Waals surface area (Å²) in [5.41, 5.74) is 1.11. The summed E-state index contributed by atoms with van der Waals surface area (Å²) >= 11 is 0. The standard InChI is InChI=1S/C12H16O2/c1-12(7-8-12)11(13)9-3-5-10(14-2)6-4-9/h3-6,11,13H,7-8H2,1-2H3. The first-order valence-corrected chi connectivity index (χ1v) is 4.98. The lowest BCUT2D eigenvalue weighted by Crippen LogP contribution is -2.09. The number of aliphatic hydroxyl groups excluding tert-OH is 1. The molecule has 76 valence electrons. The maximum atomic E-state index is 10.0. The quantitative estimate of drug-likeness (QED) is 0.797. The Morgan fingerprint density at radius 2 is 1.86 bits per heavy atom. The van der Waals surface area contributed by atoms with Gasteiger partial charge in [-0.1, -0.05) is 19.1 Å². The van der Waals surface area contributed by atoms with Gasteiger partial charge in [-0.3, -0.25) is 0 Å². The van der Waals surface area contributed by atoms with Crippen LogP contribution in [0.2, 0.25) is 0 Å². The smallest absolute Gasteiger partial charge is 0.118 e. The Labute approximate surface area is 84.5 Å². The average molecular weight is 192 g/mol. The summed E-state index contributed by atoms with van der Waals surface area (Å²) in [7, 11) is 1.65. The third-order valence-corrected chi connectivity index (χ3v) is 3.13. The molecule has 0 radical (unpaired) electrons. The van der Waals surface area contributed by atoms with Crippen molar-refractivity contribution in [2.75, 3.05) is 7.11 Å². The average Bonchev–Trinajstić information content (AvgIpc) is 2.97. The minimum absolute atomic E-state index is 0.120. The lowest BCUT2D eigenvalue weighted by molar-refractivity contribution is 0.104. The van der Waals surface area contributed by atoms with Crippen LogP contribution in [0.4, 0.5) is 0 Å². The highest BCUT2D eigenvalue weighted by molar-refractivity contribution is 5.30. The number of methoxy groups -OCH3 is 1. The highest BCUT2D eigenvalue weighted by atomic mass is 16.5. The van der Waals surface area contributed by atoms with E-state index in [-0.39, 0.29) is 11.5 Å². The van der Waals surface area contributed by atoms with Gasteiger partial charge in [0.2, 0.25) is 0 Å². The molecule has 0 spiro atoms. The zero-order valence-corrected chi connectivity index (χ0v) is 8.66. The van der Waals surface area contributed by atoms with Crippen molar-refractivity contribution in [1.29, 1.82) is 0 Å². The van der Waals surface area contributed by atoms with Crippen LogP contribution in [-0.4, -0.2) is 12.2 Å². The lowest BCUT2D eigenvalue weighted by atomic mass is 9.95. The molecule has 1 unspecified atom stereocenters. The number of ether oxygens (including phenoxy) is 1. The van der Waals surface area contributed by atoms with Crippen LogP contribution >= 0.6 is 0 Å². The second kappa shape index (κ2) is 3.28. The molecule has 1 atom stereocenters. The predicted molar refractivity (Wildman–Crippen MR) is 55.3 cm³/mol. The Kier molecular flexibility index (Phi) is 2.23. The van der Waals surface area contributed by atoms with Crippen LogP contribution in [0.1, 0.15) is 31.4 Å². The molecule has 1 aliphatic rings. The fourth-order valence-electron chi connectivity index (χ4n) is 1.66. The molecule has 0 bridgehead atoms. The number of aliphatic hydroxyl groups is 1. The van der Waals surface area contributed by atoms with E-state index in [9.17, 15) is 5.11 Å². The first-order chi connectivity index (χ1) is 6.65. The molecule has 0 aliphatic heterocycles. The molecule has 2 heteroatoms. The van der Waals surface area contributed by atoms with Crippen molar-refractivity contribution >= 4 is 0 Å². The molecule has 2 rings (SSSR count). The fourth-order valence-corrected chi connectivity index (χ4v) is 1.66. The van der Waals surface area contributed by atoms with Gasteiger partial charge in [0.05, 0.1) is 13.2 Å². The van der Waals surface area contributed by atoms with E-state index in [0.29, 0.717) is 0 Å². The third-order valence-electron chi connectivity index (χ3n) is 3.13. The van der Waals surface area contributed by atoms with Crippen LogP contribution in [0.15, 0.2) is 24.3 Å². The molecule has 1 saturated carbocycles. The second-order valence-corrected chi connectivity index (χ2v) is 4.33. The maximum absolute atomic E-state index is 10.0. The summed E-state index contributed by atoms with van der Waals surface area (Å²) in [6.07, 6.45) is 1.92. The summed E-state index contributed by atoms with van der Waals surface area (Å²) in [5.74, 6) is 0.835. The van der Waals surface area contributed by atoms with Crippen LogP contribution in [0.25, 0.3) is 0 Å². The molecule has 2 nitrogen and oxygen atoms in total. The summed E-state index contributed by atoms with van der Waals surface area (Å²) in [6.45, 7) is 2.13. The van der Waals surface area contributed by atoms with Gasteiger partial charge in [-0.2, -0.15) is 0 Å². The normalized spacial score (nSPS) is 20.2. The largest absolute Gasteiger partial charge is 0.497 e. The molecular weight excluding hydrogens is 176 g/mol. The van der Waals surface area contributed by atoms with E-state index in [1.807, 2.05) is 24.3 Å². The van der Waals surface area contributed by atoms with Crippen molar-refractivity contribution in [3.05, 3.63) is 29.8 Å². The van der Waals surface area contributed by atoms with E-state index >= 15 is 0 Å². The zero-order chi connectivity index (χ0) is 10.2. The Balaban J connectivity index is 2.16. The first kappa shape index (κ1) is 9.53. The van der Waals surface area contributed by atoms with Gasteiger partial charge in [-0.05, 0) is 36.0 Å². The molecule has 0 amide bonds. The minimum Gasteiger partial charge on any atom is -0.497 e. The number of rotatable bonds is 3. The van der Waals surface area contributed by atoms with E-state index in [1.54, 1.807) is 7.11 Å². The van der Waals surface area contributed by atoms with Gasteiger partial charge in [0.1, 0.15) is 5.75 Å². The van der Waals surface area contributed by atoms with Crippen molar-refractivity contribution in [1.82, 2.24) is 0 Å². The highest BCUT2D eigenvalue weighted by Gasteiger charge is 2.44. The Hall–Kier alpha value is -1.02. The van der Waals surface area contributed by atoms with Crippen molar-refractivity contribution in [3.8, 4) is 5.75 Å². The number of benzene rings is 1. The monoisotopic (exact) mass is 192 g/mol. The van der Waals surface area contributed by atoms with Gasteiger partial charge in [0.25, 0.3) is 0 Å². The third kappa shape index (κ3) is 1.62. The van der Waals surface area contributed by atoms with Gasteiger partial charge in [-0.25, -0.2) is 0 Å². The van der Waals surface area contributed by atoms with E-state index in [1.165, 1.54) is 0 Å². The number of hydrogen-bond acceptors (Lipinski definition) is 2. The molecule has 0 heterocycles. The molecule has 0 saturated heterocycles. The Morgan fingerprint density at radius 3 is 2.29 bits per heavy atom.